The molecule has 2 heterocycles. The minimum Gasteiger partial charge on any atom is -0.340 e. The highest BCUT2D eigenvalue weighted by molar-refractivity contribution is 6.30. The molecule has 3 aliphatic rings. The molecule has 5 nitrogen and oxygen atoms in total. The Hall–Kier alpha value is -1.92. The molecule has 0 spiro atoms. The quantitative estimate of drug-likeness (QED) is 0.490. The molecule has 5 rings (SSSR count). The maximum absolute atomic E-state index is 14.0. The van der Waals surface area contributed by atoms with Crippen molar-refractivity contribution < 1.29 is 4.79 Å². The smallest absolute Gasteiger partial charge is 0.227 e. The first-order chi connectivity index (χ1) is 18.4. The second-order valence-electron chi connectivity index (χ2n) is 12.0. The summed E-state index contributed by atoms with van der Waals surface area (Å²) in [5.74, 6) is 0.584. The Morgan fingerprint density at radius 1 is 0.947 bits per heavy atom. The van der Waals surface area contributed by atoms with E-state index >= 15 is 0 Å². The Balaban J connectivity index is 1.22. The Morgan fingerprint density at radius 3 is 2.29 bits per heavy atom. The number of amides is 1. The number of halogens is 1. The van der Waals surface area contributed by atoms with E-state index in [2.05, 4.69) is 76.3 Å². The van der Waals surface area contributed by atoms with Crippen molar-refractivity contribution in [2.45, 2.75) is 70.0 Å². The number of carbonyl (C=O) groups is 1. The van der Waals surface area contributed by atoms with Gasteiger partial charge in [0.1, 0.15) is 0 Å². The second-order valence-corrected chi connectivity index (χ2v) is 12.4. The molecule has 0 unspecified atom stereocenters. The second kappa shape index (κ2) is 12.5. The average molecular weight is 537 g/mol. The van der Waals surface area contributed by atoms with Gasteiger partial charge < -0.3 is 10.2 Å². The van der Waals surface area contributed by atoms with Gasteiger partial charge in [-0.15, -0.1) is 0 Å². The first-order valence-electron chi connectivity index (χ1n) is 14.7. The van der Waals surface area contributed by atoms with Gasteiger partial charge in [0.2, 0.25) is 5.91 Å². The summed E-state index contributed by atoms with van der Waals surface area (Å²) in [6.07, 6.45) is 6.48. The minimum atomic E-state index is 0.0151. The van der Waals surface area contributed by atoms with E-state index in [9.17, 15) is 4.79 Å². The van der Waals surface area contributed by atoms with Crippen LogP contribution in [0, 0.1) is 5.92 Å². The third kappa shape index (κ3) is 6.28. The van der Waals surface area contributed by atoms with Gasteiger partial charge >= 0.3 is 0 Å². The highest BCUT2D eigenvalue weighted by Crippen LogP contribution is 2.37. The average Bonchev–Trinajstić information content (AvgIpc) is 3.40. The van der Waals surface area contributed by atoms with Gasteiger partial charge in [0, 0.05) is 74.9 Å². The third-order valence-corrected chi connectivity index (χ3v) is 9.62. The van der Waals surface area contributed by atoms with Crippen LogP contribution in [0.3, 0.4) is 0 Å². The summed E-state index contributed by atoms with van der Waals surface area (Å²) in [7, 11) is 0. The third-order valence-electron chi connectivity index (χ3n) is 9.37. The van der Waals surface area contributed by atoms with Gasteiger partial charge in [0.25, 0.3) is 0 Å². The van der Waals surface area contributed by atoms with Crippen LogP contribution in [-0.4, -0.2) is 78.0 Å². The van der Waals surface area contributed by atoms with Crippen molar-refractivity contribution in [1.82, 2.24) is 20.0 Å². The first-order valence-corrected chi connectivity index (χ1v) is 15.1. The fourth-order valence-electron chi connectivity index (χ4n) is 7.04. The van der Waals surface area contributed by atoms with Crippen LogP contribution in [0.2, 0.25) is 5.02 Å². The largest absolute Gasteiger partial charge is 0.340 e. The fourth-order valence-corrected chi connectivity index (χ4v) is 7.17. The molecular weight excluding hydrogens is 492 g/mol. The van der Waals surface area contributed by atoms with E-state index in [0.29, 0.717) is 11.9 Å². The summed E-state index contributed by atoms with van der Waals surface area (Å²) in [5.41, 5.74) is 2.80. The molecule has 2 aliphatic heterocycles. The summed E-state index contributed by atoms with van der Waals surface area (Å²) in [4.78, 5) is 21.3. The molecule has 38 heavy (non-hydrogen) atoms. The maximum atomic E-state index is 14.0. The maximum Gasteiger partial charge on any atom is 0.227 e. The zero-order valence-corrected chi connectivity index (χ0v) is 24.0. The molecule has 0 aromatic heterocycles. The van der Waals surface area contributed by atoms with Crippen LogP contribution >= 0.6 is 11.6 Å². The molecule has 2 saturated heterocycles. The predicted molar refractivity (Wildman–Crippen MR) is 157 cm³/mol. The van der Waals surface area contributed by atoms with Crippen molar-refractivity contribution in [1.29, 1.82) is 0 Å². The lowest BCUT2D eigenvalue weighted by Crippen LogP contribution is -2.62. The number of nitrogens with one attached hydrogen (secondary N) is 1. The van der Waals surface area contributed by atoms with Crippen molar-refractivity contribution >= 4 is 17.5 Å². The Morgan fingerprint density at radius 2 is 1.63 bits per heavy atom. The highest BCUT2D eigenvalue weighted by Gasteiger charge is 2.43. The molecule has 0 bridgehead atoms. The van der Waals surface area contributed by atoms with Crippen LogP contribution in [-0.2, 0) is 11.3 Å². The summed E-state index contributed by atoms with van der Waals surface area (Å²) in [5, 5.41) is 4.55. The minimum absolute atomic E-state index is 0.0151. The van der Waals surface area contributed by atoms with Crippen LogP contribution in [0.25, 0.3) is 0 Å². The summed E-state index contributed by atoms with van der Waals surface area (Å²) in [6.45, 7) is 11.8. The number of rotatable bonds is 8. The van der Waals surface area contributed by atoms with Crippen LogP contribution in [0.15, 0.2) is 54.6 Å². The van der Waals surface area contributed by atoms with E-state index in [-0.39, 0.29) is 17.4 Å². The van der Waals surface area contributed by atoms with Crippen molar-refractivity contribution in [2.24, 2.45) is 5.92 Å². The number of carbonyl (C=O) groups excluding carboxylic acids is 1. The van der Waals surface area contributed by atoms with Gasteiger partial charge in [0.05, 0.1) is 5.92 Å². The van der Waals surface area contributed by atoms with Crippen molar-refractivity contribution in [3.05, 3.63) is 70.7 Å². The molecule has 2 aromatic carbocycles. The van der Waals surface area contributed by atoms with Gasteiger partial charge in [-0.2, -0.15) is 0 Å². The number of piperazine rings is 1. The molecule has 2 atom stereocenters. The molecule has 6 heteroatoms. The summed E-state index contributed by atoms with van der Waals surface area (Å²) < 4.78 is 0. The number of hydrogen-bond acceptors (Lipinski definition) is 4. The van der Waals surface area contributed by atoms with Crippen molar-refractivity contribution in [3.8, 4) is 0 Å². The van der Waals surface area contributed by atoms with E-state index in [1.807, 2.05) is 12.1 Å². The van der Waals surface area contributed by atoms with Crippen LogP contribution < -0.4 is 5.32 Å². The van der Waals surface area contributed by atoms with Gasteiger partial charge in [0.15, 0.2) is 0 Å². The van der Waals surface area contributed by atoms with Crippen LogP contribution in [0.5, 0.6) is 0 Å². The number of likely N-dealkylation sites (tertiary alicyclic amines) is 1. The van der Waals surface area contributed by atoms with Crippen molar-refractivity contribution in [3.63, 3.8) is 0 Å². The molecule has 1 aliphatic carbocycles. The normalized spacial score (nSPS) is 24.7. The SMILES string of the molecule is CC(C)N1C[C@H](C(=O)N2CCN(C3(CNCc4ccccc4)CCCCC3)CC2)[C@@H](c2ccc(Cl)cc2)C1. The number of hydrogen-bond donors (Lipinski definition) is 1. The Labute approximate surface area is 234 Å². The lowest BCUT2D eigenvalue weighted by atomic mass is 9.79. The number of nitrogens with zero attached hydrogens (tertiary/aromatic N) is 3. The van der Waals surface area contributed by atoms with Crippen LogP contribution in [0.4, 0.5) is 0 Å². The molecule has 0 radical (unpaired) electrons. The molecule has 1 N–H and O–H groups in total. The van der Waals surface area contributed by atoms with E-state index in [1.165, 1.54) is 43.2 Å². The molecule has 206 valence electrons. The van der Waals surface area contributed by atoms with Gasteiger partial charge in [-0.25, -0.2) is 0 Å². The standard InChI is InChI=1S/C32H45ClN4O/c1-25(2)36-22-29(27-11-13-28(33)14-12-27)30(23-36)31(38)35-17-19-37(20-18-35)32(15-7-4-8-16-32)24-34-21-26-9-5-3-6-10-26/h3,5-6,9-14,25,29-30,34H,4,7-8,15-24H2,1-2H3/t29-,30+/m1/s1. The van der Waals surface area contributed by atoms with E-state index in [0.717, 1.165) is 57.4 Å². The van der Waals surface area contributed by atoms with Gasteiger partial charge in [-0.3, -0.25) is 14.6 Å². The molecule has 2 aromatic rings. The van der Waals surface area contributed by atoms with Crippen molar-refractivity contribution in [2.75, 3.05) is 45.8 Å². The summed E-state index contributed by atoms with van der Waals surface area (Å²) in [6, 6.07) is 19.3. The zero-order chi connectivity index (χ0) is 26.5. The lowest BCUT2D eigenvalue weighted by molar-refractivity contribution is -0.138. The Kier molecular flexibility index (Phi) is 9.10. The molecule has 1 saturated carbocycles. The van der Waals surface area contributed by atoms with Gasteiger partial charge in [-0.1, -0.05) is 73.3 Å². The molecule has 3 fully saturated rings. The zero-order valence-electron chi connectivity index (χ0n) is 23.2. The lowest BCUT2D eigenvalue weighted by Gasteiger charge is -2.50. The first kappa shape index (κ1) is 27.6. The molecular formula is C32H45ClN4O. The Bertz CT molecular complexity index is 1030. The van der Waals surface area contributed by atoms with E-state index < -0.39 is 0 Å². The highest BCUT2D eigenvalue weighted by atomic mass is 35.5. The van der Waals surface area contributed by atoms with Crippen LogP contribution in [0.1, 0.15) is 63.0 Å². The summed E-state index contributed by atoms with van der Waals surface area (Å²) >= 11 is 6.18. The monoisotopic (exact) mass is 536 g/mol. The van der Waals surface area contributed by atoms with Gasteiger partial charge in [-0.05, 0) is 49.9 Å². The van der Waals surface area contributed by atoms with E-state index in [4.69, 9.17) is 11.6 Å². The number of benzene rings is 2. The van der Waals surface area contributed by atoms with E-state index in [1.54, 1.807) is 0 Å². The fraction of sp³-hybridized carbons (Fsp3) is 0.594. The predicted octanol–water partition coefficient (Wildman–Crippen LogP) is 5.40. The topological polar surface area (TPSA) is 38.8 Å². The molecule has 1 amide bonds.